The summed E-state index contributed by atoms with van der Waals surface area (Å²) in [6, 6.07) is 2.08. The van der Waals surface area contributed by atoms with E-state index in [1.54, 1.807) is 6.33 Å². The molecule has 0 saturated carbocycles. The molecule has 1 fully saturated rings. The van der Waals surface area contributed by atoms with E-state index in [1.165, 1.54) is 25.7 Å². The highest BCUT2D eigenvalue weighted by Crippen LogP contribution is 2.18. The van der Waals surface area contributed by atoms with Crippen LogP contribution in [0.2, 0.25) is 0 Å². The van der Waals surface area contributed by atoms with Crippen LogP contribution in [-0.4, -0.2) is 55.1 Å². The molecule has 0 unspecified atom stereocenters. The number of hydrogen-bond donors (Lipinski definition) is 1. The lowest BCUT2D eigenvalue weighted by Gasteiger charge is -2.21. The predicted molar refractivity (Wildman–Crippen MR) is 84.4 cm³/mol. The van der Waals surface area contributed by atoms with Gasteiger partial charge in [-0.25, -0.2) is 9.97 Å². The van der Waals surface area contributed by atoms with Gasteiger partial charge in [0.2, 0.25) is 0 Å². The molecule has 20 heavy (non-hydrogen) atoms. The van der Waals surface area contributed by atoms with Crippen molar-refractivity contribution in [2.45, 2.75) is 32.1 Å². The zero-order valence-electron chi connectivity index (χ0n) is 12.8. The molecule has 112 valence electrons. The van der Waals surface area contributed by atoms with Gasteiger partial charge in [0, 0.05) is 25.7 Å². The molecule has 1 aliphatic heterocycles. The van der Waals surface area contributed by atoms with Crippen LogP contribution in [0.4, 0.5) is 11.6 Å². The van der Waals surface area contributed by atoms with Crippen LogP contribution < -0.4 is 10.2 Å². The summed E-state index contributed by atoms with van der Waals surface area (Å²) < 4.78 is 0. The smallest absolute Gasteiger partial charge is 0.134 e. The number of rotatable bonds is 6. The van der Waals surface area contributed by atoms with Crippen molar-refractivity contribution in [3.05, 3.63) is 12.4 Å². The molecule has 0 radical (unpaired) electrons. The fourth-order valence-corrected chi connectivity index (χ4v) is 2.53. The van der Waals surface area contributed by atoms with Gasteiger partial charge in [-0.15, -0.1) is 0 Å². The van der Waals surface area contributed by atoms with Crippen molar-refractivity contribution in [1.82, 2.24) is 14.9 Å². The topological polar surface area (TPSA) is 44.3 Å². The summed E-state index contributed by atoms with van der Waals surface area (Å²) in [6.07, 6.45) is 8.03. The largest absolute Gasteiger partial charge is 0.370 e. The number of hydrogen-bond acceptors (Lipinski definition) is 5. The van der Waals surface area contributed by atoms with E-state index in [0.29, 0.717) is 0 Å². The summed E-state index contributed by atoms with van der Waals surface area (Å²) in [5.41, 5.74) is 0. The van der Waals surface area contributed by atoms with Gasteiger partial charge in [0.15, 0.2) is 0 Å². The van der Waals surface area contributed by atoms with E-state index in [9.17, 15) is 0 Å². The molecule has 0 bridgehead atoms. The SMILES string of the molecule is CN(C)CCCNc1cc(N2CCCCCC2)ncn1. The highest BCUT2D eigenvalue weighted by Gasteiger charge is 2.11. The maximum atomic E-state index is 4.43. The molecule has 0 aromatic carbocycles. The quantitative estimate of drug-likeness (QED) is 0.808. The van der Waals surface area contributed by atoms with Crippen molar-refractivity contribution in [3.63, 3.8) is 0 Å². The van der Waals surface area contributed by atoms with Gasteiger partial charge in [0.05, 0.1) is 0 Å². The minimum Gasteiger partial charge on any atom is -0.370 e. The number of nitrogens with one attached hydrogen (secondary N) is 1. The Labute approximate surface area is 122 Å². The highest BCUT2D eigenvalue weighted by atomic mass is 15.2. The third kappa shape index (κ3) is 4.96. The van der Waals surface area contributed by atoms with Crippen LogP contribution >= 0.6 is 0 Å². The van der Waals surface area contributed by atoms with Crippen molar-refractivity contribution < 1.29 is 0 Å². The number of nitrogens with zero attached hydrogens (tertiary/aromatic N) is 4. The molecule has 2 heterocycles. The van der Waals surface area contributed by atoms with Gasteiger partial charge in [-0.05, 0) is 39.9 Å². The fraction of sp³-hybridized carbons (Fsp3) is 0.733. The van der Waals surface area contributed by atoms with Crippen LogP contribution in [0.1, 0.15) is 32.1 Å². The molecule has 5 heteroatoms. The first-order valence-corrected chi connectivity index (χ1v) is 7.71. The van der Waals surface area contributed by atoms with Crippen LogP contribution in [0.25, 0.3) is 0 Å². The van der Waals surface area contributed by atoms with E-state index in [-0.39, 0.29) is 0 Å². The van der Waals surface area contributed by atoms with Gasteiger partial charge in [-0.1, -0.05) is 12.8 Å². The van der Waals surface area contributed by atoms with Gasteiger partial charge >= 0.3 is 0 Å². The minimum absolute atomic E-state index is 0.943. The van der Waals surface area contributed by atoms with Gasteiger partial charge in [0.1, 0.15) is 18.0 Å². The first-order chi connectivity index (χ1) is 9.75. The molecule has 1 aromatic rings. The zero-order chi connectivity index (χ0) is 14.2. The molecule has 1 N–H and O–H groups in total. The summed E-state index contributed by atoms with van der Waals surface area (Å²) in [5.74, 6) is 2.01. The second-order valence-corrected chi connectivity index (χ2v) is 5.75. The van der Waals surface area contributed by atoms with Crippen molar-refractivity contribution in [2.75, 3.05) is 50.5 Å². The van der Waals surface area contributed by atoms with E-state index >= 15 is 0 Å². The molecule has 0 amide bonds. The Morgan fingerprint density at radius 3 is 2.60 bits per heavy atom. The second kappa shape index (κ2) is 8.04. The average Bonchev–Trinajstić information content (AvgIpc) is 2.73. The molecular formula is C15H27N5. The lowest BCUT2D eigenvalue weighted by Crippen LogP contribution is -2.25. The molecule has 2 rings (SSSR count). The number of anilines is 2. The molecule has 0 spiro atoms. The van der Waals surface area contributed by atoms with Crippen LogP contribution in [-0.2, 0) is 0 Å². The lowest BCUT2D eigenvalue weighted by molar-refractivity contribution is 0.405. The van der Waals surface area contributed by atoms with E-state index in [0.717, 1.165) is 44.2 Å². The first kappa shape index (κ1) is 15.0. The average molecular weight is 277 g/mol. The molecule has 0 aliphatic carbocycles. The van der Waals surface area contributed by atoms with Crippen LogP contribution in [0, 0.1) is 0 Å². The van der Waals surface area contributed by atoms with Gasteiger partial charge < -0.3 is 15.1 Å². The fourth-order valence-electron chi connectivity index (χ4n) is 2.53. The normalized spacial score (nSPS) is 16.2. The van der Waals surface area contributed by atoms with Gasteiger partial charge in [0.25, 0.3) is 0 Å². The monoisotopic (exact) mass is 277 g/mol. The van der Waals surface area contributed by atoms with E-state index in [2.05, 4.69) is 45.2 Å². The molecule has 1 aliphatic rings. The van der Waals surface area contributed by atoms with Crippen molar-refractivity contribution >= 4 is 11.6 Å². The summed E-state index contributed by atoms with van der Waals surface area (Å²) in [4.78, 5) is 13.3. The third-order valence-corrected chi connectivity index (χ3v) is 3.67. The molecule has 1 aromatic heterocycles. The van der Waals surface area contributed by atoms with Crippen LogP contribution in [0.15, 0.2) is 12.4 Å². The highest BCUT2D eigenvalue weighted by molar-refractivity contribution is 5.48. The minimum atomic E-state index is 0.943. The second-order valence-electron chi connectivity index (χ2n) is 5.75. The van der Waals surface area contributed by atoms with Crippen LogP contribution in [0.5, 0.6) is 0 Å². The Morgan fingerprint density at radius 2 is 1.90 bits per heavy atom. The molecule has 5 nitrogen and oxygen atoms in total. The van der Waals surface area contributed by atoms with Crippen molar-refractivity contribution in [3.8, 4) is 0 Å². The maximum Gasteiger partial charge on any atom is 0.134 e. The zero-order valence-corrected chi connectivity index (χ0v) is 12.8. The molecular weight excluding hydrogens is 250 g/mol. The van der Waals surface area contributed by atoms with Gasteiger partial charge in [-0.3, -0.25) is 0 Å². The van der Waals surface area contributed by atoms with Crippen molar-refractivity contribution in [1.29, 1.82) is 0 Å². The Kier molecular flexibility index (Phi) is 6.05. The maximum absolute atomic E-state index is 4.43. The third-order valence-electron chi connectivity index (χ3n) is 3.67. The van der Waals surface area contributed by atoms with E-state index in [4.69, 9.17) is 0 Å². The summed E-state index contributed by atoms with van der Waals surface area (Å²) >= 11 is 0. The van der Waals surface area contributed by atoms with Crippen LogP contribution in [0.3, 0.4) is 0 Å². The Balaban J connectivity index is 1.86. The predicted octanol–water partition coefficient (Wildman–Crippen LogP) is 2.22. The number of aromatic nitrogens is 2. The van der Waals surface area contributed by atoms with E-state index in [1.807, 2.05) is 0 Å². The van der Waals surface area contributed by atoms with E-state index < -0.39 is 0 Å². The Hall–Kier alpha value is -1.36. The summed E-state index contributed by atoms with van der Waals surface area (Å²) in [6.45, 7) is 4.29. The van der Waals surface area contributed by atoms with Crippen molar-refractivity contribution in [2.24, 2.45) is 0 Å². The standard InChI is InChI=1S/C15H27N5/c1-19(2)9-7-8-16-14-12-15(18-13-17-14)20-10-5-3-4-6-11-20/h12-13H,3-11H2,1-2H3,(H,16,17,18). The van der Waals surface area contributed by atoms with Gasteiger partial charge in [-0.2, -0.15) is 0 Å². The summed E-state index contributed by atoms with van der Waals surface area (Å²) in [7, 11) is 4.20. The Morgan fingerprint density at radius 1 is 1.15 bits per heavy atom. The Bertz CT molecular complexity index is 386. The molecule has 0 atom stereocenters. The molecule has 1 saturated heterocycles. The summed E-state index contributed by atoms with van der Waals surface area (Å²) in [5, 5.41) is 3.39. The first-order valence-electron chi connectivity index (χ1n) is 7.71. The lowest BCUT2D eigenvalue weighted by atomic mass is 10.2.